The van der Waals surface area contributed by atoms with E-state index in [0.717, 1.165) is 49.4 Å². The van der Waals surface area contributed by atoms with Gasteiger partial charge in [-0.3, -0.25) is 9.69 Å². The first-order chi connectivity index (χ1) is 17.2. The molecule has 9 nitrogen and oxygen atoms in total. The van der Waals surface area contributed by atoms with Gasteiger partial charge in [-0.2, -0.15) is 13.2 Å². The Morgan fingerprint density at radius 2 is 1.69 bits per heavy atom. The number of carbonyl (C=O) groups excluding carboxylic acids is 1. The van der Waals surface area contributed by atoms with E-state index in [1.54, 1.807) is 6.07 Å². The number of hydrogen-bond donors (Lipinski definition) is 1. The molecule has 36 heavy (non-hydrogen) atoms. The van der Waals surface area contributed by atoms with Crippen molar-refractivity contribution in [2.75, 3.05) is 56.0 Å². The standard InChI is InChI=1S/C24H29F3N6O3/c25-24(26,27)18-1-4-21(5-2-18)31-15-13-30(14-16-31)10-9-23(34)32-11-7-19(8-12-32)29-20-3-6-22(28-17-20)33(35)36/h1-6,17,19,29H,7-16H2. The van der Waals surface area contributed by atoms with E-state index in [0.29, 0.717) is 39.1 Å². The number of carbonyl (C=O) groups is 1. The van der Waals surface area contributed by atoms with E-state index in [9.17, 15) is 28.1 Å². The molecule has 0 saturated carbocycles. The van der Waals surface area contributed by atoms with E-state index < -0.39 is 16.7 Å². The van der Waals surface area contributed by atoms with E-state index in [4.69, 9.17) is 0 Å². The van der Waals surface area contributed by atoms with Crippen molar-refractivity contribution in [3.63, 3.8) is 0 Å². The summed E-state index contributed by atoms with van der Waals surface area (Å²) in [5.74, 6) is -0.0717. The van der Waals surface area contributed by atoms with E-state index in [1.165, 1.54) is 24.4 Å². The van der Waals surface area contributed by atoms with Crippen LogP contribution in [0.25, 0.3) is 0 Å². The van der Waals surface area contributed by atoms with Crippen LogP contribution in [0.3, 0.4) is 0 Å². The summed E-state index contributed by atoms with van der Waals surface area (Å²) in [6.45, 7) is 4.87. The first kappa shape index (κ1) is 25.7. The third-order valence-electron chi connectivity index (χ3n) is 6.73. The second-order valence-electron chi connectivity index (χ2n) is 9.08. The molecule has 0 spiro atoms. The normalized spacial score (nSPS) is 17.8. The number of benzene rings is 1. The number of rotatable bonds is 7. The van der Waals surface area contributed by atoms with Crippen molar-refractivity contribution in [2.45, 2.75) is 31.5 Å². The second kappa shape index (κ2) is 11.1. The van der Waals surface area contributed by atoms with Gasteiger partial charge in [0, 0.05) is 70.0 Å². The predicted octanol–water partition coefficient (Wildman–Crippen LogP) is 3.62. The van der Waals surface area contributed by atoms with Crippen LogP contribution in [0.15, 0.2) is 42.6 Å². The molecule has 2 aliphatic heterocycles. The van der Waals surface area contributed by atoms with Crippen LogP contribution in [0, 0.1) is 10.1 Å². The molecule has 3 heterocycles. The molecule has 2 saturated heterocycles. The Bertz CT molecular complexity index is 1030. The maximum atomic E-state index is 12.8. The highest BCUT2D eigenvalue weighted by Gasteiger charge is 2.30. The van der Waals surface area contributed by atoms with Crippen LogP contribution in [0.1, 0.15) is 24.8 Å². The predicted molar refractivity (Wildman–Crippen MR) is 129 cm³/mol. The Hall–Kier alpha value is -3.41. The summed E-state index contributed by atoms with van der Waals surface area (Å²) in [6, 6.07) is 8.43. The van der Waals surface area contributed by atoms with Crippen LogP contribution in [-0.2, 0) is 11.0 Å². The lowest BCUT2D eigenvalue weighted by atomic mass is 10.0. The van der Waals surface area contributed by atoms with Crippen molar-refractivity contribution in [3.05, 3.63) is 58.3 Å². The molecule has 1 aromatic heterocycles. The van der Waals surface area contributed by atoms with Crippen molar-refractivity contribution in [3.8, 4) is 0 Å². The van der Waals surface area contributed by atoms with Gasteiger partial charge >= 0.3 is 12.0 Å². The smallest absolute Gasteiger partial charge is 0.379 e. The van der Waals surface area contributed by atoms with E-state index >= 15 is 0 Å². The highest BCUT2D eigenvalue weighted by atomic mass is 19.4. The first-order valence-electron chi connectivity index (χ1n) is 12.0. The number of amides is 1. The molecule has 4 rings (SSSR count). The van der Waals surface area contributed by atoms with Gasteiger partial charge in [-0.15, -0.1) is 0 Å². The Morgan fingerprint density at radius 1 is 1.03 bits per heavy atom. The lowest BCUT2D eigenvalue weighted by Crippen LogP contribution is -2.48. The average molecular weight is 507 g/mol. The zero-order valence-corrected chi connectivity index (χ0v) is 19.8. The number of alkyl halides is 3. The van der Waals surface area contributed by atoms with Gasteiger partial charge in [0.2, 0.25) is 5.91 Å². The Kier molecular flexibility index (Phi) is 7.92. The summed E-state index contributed by atoms with van der Waals surface area (Å²) < 4.78 is 38.3. The van der Waals surface area contributed by atoms with Crippen LogP contribution in [0.2, 0.25) is 0 Å². The van der Waals surface area contributed by atoms with Crippen molar-refractivity contribution >= 4 is 23.1 Å². The number of pyridine rings is 1. The minimum atomic E-state index is -4.33. The van der Waals surface area contributed by atoms with Gasteiger partial charge in [0.1, 0.15) is 0 Å². The van der Waals surface area contributed by atoms with Crippen LogP contribution < -0.4 is 10.2 Å². The fourth-order valence-corrected chi connectivity index (χ4v) is 4.59. The highest BCUT2D eigenvalue weighted by molar-refractivity contribution is 5.76. The van der Waals surface area contributed by atoms with Crippen LogP contribution in [0.4, 0.5) is 30.4 Å². The van der Waals surface area contributed by atoms with Crippen molar-refractivity contribution < 1.29 is 22.9 Å². The van der Waals surface area contributed by atoms with Crippen molar-refractivity contribution in [1.82, 2.24) is 14.8 Å². The topological polar surface area (TPSA) is 94.9 Å². The lowest BCUT2D eigenvalue weighted by molar-refractivity contribution is -0.389. The zero-order valence-electron chi connectivity index (χ0n) is 19.8. The summed E-state index contributed by atoms with van der Waals surface area (Å²) in [7, 11) is 0. The maximum Gasteiger partial charge on any atom is 0.416 e. The fraction of sp³-hybridized carbons (Fsp3) is 0.500. The molecule has 0 bridgehead atoms. The molecular formula is C24H29F3N6O3. The van der Waals surface area contributed by atoms with Gasteiger partial charge in [-0.05, 0) is 53.1 Å². The van der Waals surface area contributed by atoms with Gasteiger partial charge in [-0.25, -0.2) is 0 Å². The third kappa shape index (κ3) is 6.62. The molecule has 2 aliphatic rings. The summed E-state index contributed by atoms with van der Waals surface area (Å²) in [6.07, 6.45) is -0.874. The molecule has 1 aromatic carbocycles. The quantitative estimate of drug-likeness (QED) is 0.453. The summed E-state index contributed by atoms with van der Waals surface area (Å²) in [5, 5.41) is 14.0. The van der Waals surface area contributed by atoms with Crippen molar-refractivity contribution in [1.29, 1.82) is 0 Å². The largest absolute Gasteiger partial charge is 0.416 e. The number of nitrogens with one attached hydrogen (secondary N) is 1. The summed E-state index contributed by atoms with van der Waals surface area (Å²) >= 11 is 0. The average Bonchev–Trinajstić information content (AvgIpc) is 2.88. The Labute approximate surface area is 207 Å². The number of aromatic nitrogens is 1. The second-order valence-corrected chi connectivity index (χ2v) is 9.08. The number of piperidine rings is 1. The summed E-state index contributed by atoms with van der Waals surface area (Å²) in [5.41, 5.74) is 0.854. The Morgan fingerprint density at radius 3 is 2.25 bits per heavy atom. The lowest BCUT2D eigenvalue weighted by Gasteiger charge is -2.37. The van der Waals surface area contributed by atoms with Gasteiger partial charge < -0.3 is 25.2 Å². The molecule has 0 unspecified atom stereocenters. The minimum Gasteiger partial charge on any atom is -0.379 e. The molecular weight excluding hydrogens is 477 g/mol. The number of likely N-dealkylation sites (tertiary alicyclic amines) is 1. The number of piperazine rings is 1. The molecule has 0 radical (unpaired) electrons. The SMILES string of the molecule is O=C(CCN1CCN(c2ccc(C(F)(F)F)cc2)CC1)N1CCC(Nc2ccc([N+](=O)[O-])nc2)CC1. The molecule has 2 fully saturated rings. The molecule has 0 atom stereocenters. The number of nitrogens with zero attached hydrogens (tertiary/aromatic N) is 5. The van der Waals surface area contributed by atoms with Crippen LogP contribution >= 0.6 is 0 Å². The van der Waals surface area contributed by atoms with E-state index in [-0.39, 0.29) is 17.8 Å². The highest BCUT2D eigenvalue weighted by Crippen LogP contribution is 2.30. The summed E-state index contributed by atoms with van der Waals surface area (Å²) in [4.78, 5) is 32.9. The number of anilines is 2. The molecule has 1 N–H and O–H groups in total. The number of halogens is 3. The Balaban J connectivity index is 1.15. The fourth-order valence-electron chi connectivity index (χ4n) is 4.59. The van der Waals surface area contributed by atoms with Crippen molar-refractivity contribution in [2.24, 2.45) is 0 Å². The van der Waals surface area contributed by atoms with Crippen LogP contribution in [0.5, 0.6) is 0 Å². The van der Waals surface area contributed by atoms with E-state index in [1.807, 2.05) is 4.90 Å². The third-order valence-corrected chi connectivity index (χ3v) is 6.73. The van der Waals surface area contributed by atoms with E-state index in [2.05, 4.69) is 20.1 Å². The number of hydrogen-bond acceptors (Lipinski definition) is 7. The molecule has 0 aliphatic carbocycles. The van der Waals surface area contributed by atoms with Gasteiger partial charge in [0.05, 0.1) is 11.3 Å². The van der Waals surface area contributed by atoms with Gasteiger partial charge in [0.15, 0.2) is 6.20 Å². The van der Waals surface area contributed by atoms with Gasteiger partial charge in [0.25, 0.3) is 0 Å². The molecule has 194 valence electrons. The zero-order chi connectivity index (χ0) is 25.7. The molecule has 12 heteroatoms. The van der Waals surface area contributed by atoms with Crippen LogP contribution in [-0.4, -0.2) is 77.5 Å². The molecule has 1 amide bonds. The minimum absolute atomic E-state index is 0.121. The monoisotopic (exact) mass is 506 g/mol. The molecule has 2 aromatic rings. The maximum absolute atomic E-state index is 12.8. The first-order valence-corrected chi connectivity index (χ1v) is 12.0. The number of nitro groups is 1. The van der Waals surface area contributed by atoms with Gasteiger partial charge in [-0.1, -0.05) is 0 Å².